The van der Waals surface area contributed by atoms with Gasteiger partial charge in [-0.2, -0.15) is 0 Å². The molecule has 0 unspecified atom stereocenters. The number of rotatable bonds is 4. The van der Waals surface area contributed by atoms with Crippen LogP contribution in [0.25, 0.3) is 0 Å². The molecular formula is C14H19ClO. The number of benzene rings is 1. The first-order valence-corrected chi connectivity index (χ1v) is 6.20. The molecule has 0 aromatic heterocycles. The molecule has 0 N–H and O–H groups in total. The van der Waals surface area contributed by atoms with E-state index in [-0.39, 0.29) is 11.7 Å². The summed E-state index contributed by atoms with van der Waals surface area (Å²) < 4.78 is 0. The van der Waals surface area contributed by atoms with Crippen LogP contribution in [0.5, 0.6) is 0 Å². The van der Waals surface area contributed by atoms with Gasteiger partial charge in [0.2, 0.25) is 0 Å². The first kappa shape index (κ1) is 13.2. The average molecular weight is 239 g/mol. The SMILES string of the molecule is CCC(CC)C(=O)c1cc(C)c(Cl)c(C)c1. The predicted molar refractivity (Wildman–Crippen MR) is 69.3 cm³/mol. The lowest BCUT2D eigenvalue weighted by Gasteiger charge is -2.13. The minimum absolute atomic E-state index is 0.139. The molecule has 0 atom stereocenters. The first-order chi connectivity index (χ1) is 7.51. The predicted octanol–water partition coefficient (Wildman–Crippen LogP) is 4.58. The van der Waals surface area contributed by atoms with Crippen LogP contribution in [-0.4, -0.2) is 5.78 Å². The van der Waals surface area contributed by atoms with Crippen molar-refractivity contribution in [2.24, 2.45) is 5.92 Å². The molecule has 0 fully saturated rings. The molecule has 0 saturated carbocycles. The lowest BCUT2D eigenvalue weighted by molar-refractivity contribution is 0.0913. The number of hydrogen-bond donors (Lipinski definition) is 0. The maximum absolute atomic E-state index is 12.2. The van der Waals surface area contributed by atoms with Gasteiger partial charge in [-0.3, -0.25) is 4.79 Å². The van der Waals surface area contributed by atoms with Gasteiger partial charge in [0.05, 0.1) is 0 Å². The highest BCUT2D eigenvalue weighted by atomic mass is 35.5. The van der Waals surface area contributed by atoms with Crippen molar-refractivity contribution in [2.45, 2.75) is 40.5 Å². The Bertz CT molecular complexity index is 369. The highest BCUT2D eigenvalue weighted by Gasteiger charge is 2.17. The van der Waals surface area contributed by atoms with Crippen LogP contribution in [-0.2, 0) is 0 Å². The average Bonchev–Trinajstić information content (AvgIpc) is 2.26. The Labute approximate surface area is 103 Å². The molecule has 2 heteroatoms. The normalized spacial score (nSPS) is 10.9. The molecule has 0 aliphatic rings. The van der Waals surface area contributed by atoms with E-state index in [0.717, 1.165) is 34.6 Å². The zero-order chi connectivity index (χ0) is 12.3. The smallest absolute Gasteiger partial charge is 0.165 e. The van der Waals surface area contributed by atoms with E-state index in [1.165, 1.54) is 0 Å². The Hall–Kier alpha value is -0.820. The van der Waals surface area contributed by atoms with Gasteiger partial charge in [-0.1, -0.05) is 25.4 Å². The number of carbonyl (C=O) groups excluding carboxylic acids is 1. The molecule has 0 radical (unpaired) electrons. The van der Waals surface area contributed by atoms with Gasteiger partial charge in [0, 0.05) is 16.5 Å². The van der Waals surface area contributed by atoms with E-state index >= 15 is 0 Å². The molecule has 1 nitrogen and oxygen atoms in total. The fourth-order valence-corrected chi connectivity index (χ4v) is 2.09. The number of hydrogen-bond acceptors (Lipinski definition) is 1. The van der Waals surface area contributed by atoms with Crippen LogP contribution >= 0.6 is 11.6 Å². The summed E-state index contributed by atoms with van der Waals surface area (Å²) >= 11 is 6.09. The van der Waals surface area contributed by atoms with Gasteiger partial charge >= 0.3 is 0 Å². The third-order valence-electron chi connectivity index (χ3n) is 3.08. The van der Waals surface area contributed by atoms with Crippen LogP contribution in [0.2, 0.25) is 5.02 Å². The molecule has 1 rings (SSSR count). The third-order valence-corrected chi connectivity index (χ3v) is 3.67. The second-order valence-electron chi connectivity index (χ2n) is 4.30. The quantitative estimate of drug-likeness (QED) is 0.702. The van der Waals surface area contributed by atoms with Crippen LogP contribution in [0.3, 0.4) is 0 Å². The Kier molecular flexibility index (Phi) is 4.55. The van der Waals surface area contributed by atoms with E-state index in [4.69, 9.17) is 11.6 Å². The van der Waals surface area contributed by atoms with Crippen LogP contribution in [0.4, 0.5) is 0 Å². The molecule has 0 aliphatic heterocycles. The van der Waals surface area contributed by atoms with Crippen molar-refractivity contribution in [1.82, 2.24) is 0 Å². The molecule has 1 aromatic carbocycles. The van der Waals surface area contributed by atoms with E-state index in [0.29, 0.717) is 0 Å². The molecule has 0 aliphatic carbocycles. The van der Waals surface area contributed by atoms with Crippen molar-refractivity contribution in [2.75, 3.05) is 0 Å². The zero-order valence-corrected chi connectivity index (χ0v) is 11.2. The van der Waals surface area contributed by atoms with Gasteiger partial charge in [0.1, 0.15) is 0 Å². The van der Waals surface area contributed by atoms with Crippen molar-refractivity contribution in [3.63, 3.8) is 0 Å². The van der Waals surface area contributed by atoms with Gasteiger partial charge in [-0.05, 0) is 49.9 Å². The second-order valence-corrected chi connectivity index (χ2v) is 4.68. The van der Waals surface area contributed by atoms with Crippen molar-refractivity contribution in [3.05, 3.63) is 33.8 Å². The molecule has 1 aromatic rings. The molecule has 0 amide bonds. The molecular weight excluding hydrogens is 220 g/mol. The van der Waals surface area contributed by atoms with Crippen LogP contribution in [0.1, 0.15) is 48.2 Å². The van der Waals surface area contributed by atoms with Crippen molar-refractivity contribution < 1.29 is 4.79 Å². The Morgan fingerprint density at radius 1 is 1.19 bits per heavy atom. The minimum atomic E-state index is 0.139. The van der Waals surface area contributed by atoms with Crippen LogP contribution in [0, 0.1) is 19.8 Å². The van der Waals surface area contributed by atoms with Crippen LogP contribution in [0.15, 0.2) is 12.1 Å². The van der Waals surface area contributed by atoms with Gasteiger partial charge in [0.15, 0.2) is 5.78 Å². The molecule has 16 heavy (non-hydrogen) atoms. The second kappa shape index (κ2) is 5.49. The number of Topliss-reactive ketones (excluding diaryl/α,β-unsaturated/α-hetero) is 1. The largest absolute Gasteiger partial charge is 0.294 e. The number of ketones is 1. The van der Waals surface area contributed by atoms with Crippen molar-refractivity contribution in [1.29, 1.82) is 0 Å². The van der Waals surface area contributed by atoms with Crippen LogP contribution < -0.4 is 0 Å². The molecule has 88 valence electrons. The number of carbonyl (C=O) groups is 1. The first-order valence-electron chi connectivity index (χ1n) is 5.82. The van der Waals surface area contributed by atoms with E-state index < -0.39 is 0 Å². The highest BCUT2D eigenvalue weighted by Crippen LogP contribution is 2.24. The standard InChI is InChI=1S/C14H19ClO/c1-5-11(6-2)14(16)12-7-9(3)13(15)10(4)8-12/h7-8,11H,5-6H2,1-4H3. The Morgan fingerprint density at radius 3 is 2.00 bits per heavy atom. The van der Waals surface area contributed by atoms with E-state index in [9.17, 15) is 4.79 Å². The summed E-state index contributed by atoms with van der Waals surface area (Å²) in [5, 5.41) is 0.765. The van der Waals surface area contributed by atoms with E-state index in [2.05, 4.69) is 13.8 Å². The topological polar surface area (TPSA) is 17.1 Å². The van der Waals surface area contributed by atoms with Gasteiger partial charge < -0.3 is 0 Å². The summed E-state index contributed by atoms with van der Waals surface area (Å²) in [6, 6.07) is 3.80. The fraction of sp³-hybridized carbons (Fsp3) is 0.500. The minimum Gasteiger partial charge on any atom is -0.294 e. The maximum atomic E-state index is 12.2. The van der Waals surface area contributed by atoms with Gasteiger partial charge in [-0.25, -0.2) is 0 Å². The summed E-state index contributed by atoms with van der Waals surface area (Å²) in [5.41, 5.74) is 2.76. The Balaban J connectivity index is 3.10. The lowest BCUT2D eigenvalue weighted by atomic mass is 9.91. The van der Waals surface area contributed by atoms with E-state index in [1.54, 1.807) is 0 Å². The number of halogens is 1. The molecule has 0 saturated heterocycles. The lowest BCUT2D eigenvalue weighted by Crippen LogP contribution is -2.13. The fourth-order valence-electron chi connectivity index (χ4n) is 1.98. The highest BCUT2D eigenvalue weighted by molar-refractivity contribution is 6.32. The summed E-state index contributed by atoms with van der Waals surface area (Å²) in [5.74, 6) is 0.382. The maximum Gasteiger partial charge on any atom is 0.165 e. The Morgan fingerprint density at radius 2 is 1.62 bits per heavy atom. The molecule has 0 spiro atoms. The summed E-state index contributed by atoms with van der Waals surface area (Å²) in [6.45, 7) is 8.00. The number of aryl methyl sites for hydroxylation is 2. The molecule has 0 bridgehead atoms. The molecule has 0 heterocycles. The summed E-state index contributed by atoms with van der Waals surface area (Å²) in [4.78, 5) is 12.2. The van der Waals surface area contributed by atoms with E-state index in [1.807, 2.05) is 26.0 Å². The third kappa shape index (κ3) is 2.65. The summed E-state index contributed by atoms with van der Waals surface area (Å²) in [6.07, 6.45) is 1.80. The van der Waals surface area contributed by atoms with Gasteiger partial charge in [0.25, 0.3) is 0 Å². The van der Waals surface area contributed by atoms with Crippen molar-refractivity contribution >= 4 is 17.4 Å². The van der Waals surface area contributed by atoms with Gasteiger partial charge in [-0.15, -0.1) is 0 Å². The monoisotopic (exact) mass is 238 g/mol. The zero-order valence-electron chi connectivity index (χ0n) is 10.4. The van der Waals surface area contributed by atoms with Crippen molar-refractivity contribution in [3.8, 4) is 0 Å². The summed E-state index contributed by atoms with van der Waals surface area (Å²) in [7, 11) is 0.